The fourth-order valence-corrected chi connectivity index (χ4v) is 1.98. The fourth-order valence-electron chi connectivity index (χ4n) is 1.98. The largest absolute Gasteiger partial charge is 0.445 e. The lowest BCUT2D eigenvalue weighted by Gasteiger charge is -2.15. The maximum absolute atomic E-state index is 11.8. The molecule has 2 aromatic rings. The second-order valence-corrected chi connectivity index (χ2v) is 4.85. The summed E-state index contributed by atoms with van der Waals surface area (Å²) in [7, 11) is 0. The van der Waals surface area contributed by atoms with E-state index in [1.165, 1.54) is 0 Å². The van der Waals surface area contributed by atoms with Gasteiger partial charge in [-0.2, -0.15) is 0 Å². The number of hydrogen-bond donors (Lipinski definition) is 2. The average Bonchev–Trinajstić information content (AvgIpc) is 2.54. The average molecular weight is 298 g/mol. The highest BCUT2D eigenvalue weighted by Gasteiger charge is 2.19. The zero-order chi connectivity index (χ0) is 15.8. The first-order chi connectivity index (χ1) is 10.6. The number of carbonyl (C=O) groups excluding carboxylic acids is 2. The molecule has 0 aliphatic carbocycles. The summed E-state index contributed by atoms with van der Waals surface area (Å²) in [6.45, 7) is 0.142. The Morgan fingerprint density at radius 2 is 1.50 bits per heavy atom. The predicted molar refractivity (Wildman–Crippen MR) is 82.9 cm³/mol. The normalized spacial score (nSPS) is 11.5. The SMILES string of the molecule is NC(=O)[C@@H](Cc1ccccc1)NC(=O)OCc1ccccc1. The van der Waals surface area contributed by atoms with Gasteiger partial charge in [0.1, 0.15) is 12.6 Å². The van der Waals surface area contributed by atoms with Crippen molar-refractivity contribution in [1.82, 2.24) is 5.32 Å². The summed E-state index contributed by atoms with van der Waals surface area (Å²) in [5.41, 5.74) is 7.11. The van der Waals surface area contributed by atoms with Crippen molar-refractivity contribution in [1.29, 1.82) is 0 Å². The molecule has 0 fully saturated rings. The first-order valence-electron chi connectivity index (χ1n) is 6.95. The fraction of sp³-hybridized carbons (Fsp3) is 0.176. The second-order valence-electron chi connectivity index (χ2n) is 4.85. The Kier molecular flexibility index (Phi) is 5.54. The standard InChI is InChI=1S/C17H18N2O3/c18-16(20)15(11-13-7-3-1-4-8-13)19-17(21)22-12-14-9-5-2-6-10-14/h1-10,15H,11-12H2,(H2,18,20)(H,19,21)/t15-/m1/s1. The van der Waals surface area contributed by atoms with Gasteiger partial charge in [-0.25, -0.2) is 4.79 Å². The molecule has 0 aromatic heterocycles. The van der Waals surface area contributed by atoms with E-state index in [2.05, 4.69) is 5.32 Å². The molecule has 22 heavy (non-hydrogen) atoms. The molecule has 0 heterocycles. The molecule has 0 aliphatic heterocycles. The van der Waals surface area contributed by atoms with Gasteiger partial charge in [-0.05, 0) is 11.1 Å². The Labute approximate surface area is 129 Å². The highest BCUT2D eigenvalue weighted by atomic mass is 16.5. The quantitative estimate of drug-likeness (QED) is 0.856. The van der Waals surface area contributed by atoms with Crippen molar-refractivity contribution < 1.29 is 14.3 Å². The van der Waals surface area contributed by atoms with Crippen LogP contribution in [-0.2, 0) is 22.6 Å². The smallest absolute Gasteiger partial charge is 0.408 e. The Hall–Kier alpha value is -2.82. The first kappa shape index (κ1) is 15.6. The molecule has 0 saturated heterocycles. The summed E-state index contributed by atoms with van der Waals surface area (Å²) in [4.78, 5) is 23.2. The number of rotatable bonds is 6. The van der Waals surface area contributed by atoms with Crippen molar-refractivity contribution >= 4 is 12.0 Å². The topological polar surface area (TPSA) is 81.4 Å². The van der Waals surface area contributed by atoms with Gasteiger partial charge in [-0.15, -0.1) is 0 Å². The van der Waals surface area contributed by atoms with Crippen LogP contribution in [0, 0.1) is 0 Å². The summed E-state index contributed by atoms with van der Waals surface area (Å²) in [6, 6.07) is 17.8. The van der Waals surface area contributed by atoms with Gasteiger partial charge in [0.05, 0.1) is 0 Å². The number of nitrogens with one attached hydrogen (secondary N) is 1. The van der Waals surface area contributed by atoms with Crippen LogP contribution in [-0.4, -0.2) is 18.0 Å². The van der Waals surface area contributed by atoms with Crippen molar-refractivity contribution in [2.45, 2.75) is 19.1 Å². The molecule has 0 radical (unpaired) electrons. The van der Waals surface area contributed by atoms with E-state index in [0.717, 1.165) is 11.1 Å². The van der Waals surface area contributed by atoms with Crippen molar-refractivity contribution in [2.24, 2.45) is 5.73 Å². The molecule has 2 rings (SSSR count). The summed E-state index contributed by atoms with van der Waals surface area (Å²) in [6.07, 6.45) is -0.333. The lowest BCUT2D eigenvalue weighted by Crippen LogP contribution is -2.46. The Bertz CT molecular complexity index is 614. The monoisotopic (exact) mass is 298 g/mol. The van der Waals surface area contributed by atoms with E-state index in [9.17, 15) is 9.59 Å². The molecule has 5 heteroatoms. The molecular formula is C17H18N2O3. The molecule has 0 aliphatic rings. The van der Waals surface area contributed by atoms with E-state index >= 15 is 0 Å². The van der Waals surface area contributed by atoms with Gasteiger partial charge in [0.15, 0.2) is 0 Å². The highest BCUT2D eigenvalue weighted by molar-refractivity contribution is 5.84. The van der Waals surface area contributed by atoms with E-state index in [4.69, 9.17) is 10.5 Å². The van der Waals surface area contributed by atoms with Crippen molar-refractivity contribution in [3.05, 3.63) is 71.8 Å². The molecule has 0 unspecified atom stereocenters. The van der Waals surface area contributed by atoms with Gasteiger partial charge in [0.25, 0.3) is 0 Å². The maximum Gasteiger partial charge on any atom is 0.408 e. The van der Waals surface area contributed by atoms with E-state index in [-0.39, 0.29) is 6.61 Å². The molecular weight excluding hydrogens is 280 g/mol. The predicted octanol–water partition coefficient (Wildman–Crippen LogP) is 2.01. The second kappa shape index (κ2) is 7.83. The van der Waals surface area contributed by atoms with E-state index in [1.807, 2.05) is 60.7 Å². The Morgan fingerprint density at radius 3 is 2.05 bits per heavy atom. The van der Waals surface area contributed by atoms with Crippen LogP contribution < -0.4 is 11.1 Å². The molecule has 2 amide bonds. The number of primary amides is 1. The molecule has 0 bridgehead atoms. The molecule has 0 saturated carbocycles. The van der Waals surface area contributed by atoms with E-state index in [0.29, 0.717) is 6.42 Å². The summed E-state index contributed by atoms with van der Waals surface area (Å²) in [5, 5.41) is 2.50. The van der Waals surface area contributed by atoms with Gasteiger partial charge < -0.3 is 15.8 Å². The lowest BCUT2D eigenvalue weighted by molar-refractivity contribution is -0.119. The minimum absolute atomic E-state index is 0.142. The summed E-state index contributed by atoms with van der Waals surface area (Å²) in [5.74, 6) is -0.597. The number of carbonyl (C=O) groups is 2. The number of benzene rings is 2. The minimum Gasteiger partial charge on any atom is -0.445 e. The van der Waals surface area contributed by atoms with Gasteiger partial charge in [-0.1, -0.05) is 60.7 Å². The van der Waals surface area contributed by atoms with Crippen LogP contribution in [0.3, 0.4) is 0 Å². The lowest BCUT2D eigenvalue weighted by atomic mass is 10.1. The van der Waals surface area contributed by atoms with E-state index in [1.54, 1.807) is 0 Å². The van der Waals surface area contributed by atoms with Crippen LogP contribution in [0.4, 0.5) is 4.79 Å². The van der Waals surface area contributed by atoms with Gasteiger partial charge >= 0.3 is 6.09 Å². The third kappa shape index (κ3) is 4.94. The van der Waals surface area contributed by atoms with Gasteiger partial charge in [0, 0.05) is 6.42 Å². The highest BCUT2D eigenvalue weighted by Crippen LogP contribution is 2.04. The summed E-state index contributed by atoms with van der Waals surface area (Å²) < 4.78 is 5.09. The van der Waals surface area contributed by atoms with Crippen LogP contribution in [0.1, 0.15) is 11.1 Å². The number of amides is 2. The van der Waals surface area contributed by atoms with Crippen LogP contribution in [0.5, 0.6) is 0 Å². The third-order valence-electron chi connectivity index (χ3n) is 3.13. The zero-order valence-electron chi connectivity index (χ0n) is 12.1. The first-order valence-corrected chi connectivity index (χ1v) is 6.95. The third-order valence-corrected chi connectivity index (χ3v) is 3.13. The number of alkyl carbamates (subject to hydrolysis) is 1. The number of hydrogen-bond acceptors (Lipinski definition) is 3. The van der Waals surface area contributed by atoms with Gasteiger partial charge in [0.2, 0.25) is 5.91 Å². The van der Waals surface area contributed by atoms with Crippen LogP contribution in [0.15, 0.2) is 60.7 Å². The summed E-state index contributed by atoms with van der Waals surface area (Å²) >= 11 is 0. The van der Waals surface area contributed by atoms with Crippen molar-refractivity contribution in [2.75, 3.05) is 0 Å². The molecule has 1 atom stereocenters. The van der Waals surface area contributed by atoms with Gasteiger partial charge in [-0.3, -0.25) is 4.79 Å². The van der Waals surface area contributed by atoms with Crippen molar-refractivity contribution in [3.63, 3.8) is 0 Å². The van der Waals surface area contributed by atoms with E-state index < -0.39 is 18.0 Å². The molecule has 0 spiro atoms. The van der Waals surface area contributed by atoms with Crippen LogP contribution in [0.25, 0.3) is 0 Å². The van der Waals surface area contributed by atoms with Crippen LogP contribution in [0.2, 0.25) is 0 Å². The minimum atomic E-state index is -0.800. The number of nitrogens with two attached hydrogens (primary N) is 1. The molecule has 114 valence electrons. The Balaban J connectivity index is 1.88. The molecule has 5 nitrogen and oxygen atoms in total. The van der Waals surface area contributed by atoms with Crippen molar-refractivity contribution in [3.8, 4) is 0 Å². The zero-order valence-corrected chi connectivity index (χ0v) is 12.1. The molecule has 3 N–H and O–H groups in total. The number of ether oxygens (including phenoxy) is 1. The Morgan fingerprint density at radius 1 is 0.955 bits per heavy atom. The van der Waals surface area contributed by atoms with Crippen LogP contribution >= 0.6 is 0 Å². The maximum atomic E-state index is 11.8. The molecule has 2 aromatic carbocycles.